The molecule has 0 aliphatic rings. The van der Waals surface area contributed by atoms with E-state index in [9.17, 15) is 13.6 Å². The van der Waals surface area contributed by atoms with E-state index in [1.54, 1.807) is 18.2 Å². The Hall–Kier alpha value is -3.48. The highest BCUT2D eigenvalue weighted by molar-refractivity contribution is 6.37. The number of oxime groups is 1. The molecule has 0 saturated heterocycles. The Kier molecular flexibility index (Phi) is 6.87. The molecule has 1 aromatic heterocycles. The SMILES string of the molecule is O=c1ccc(C(=NOCc2ccccc2)c2ccc(F)cc2F)cn1-c1c(Cl)cccc1Cl. The number of nitrogens with zero attached hydrogens (tertiary/aromatic N) is 2. The van der Waals surface area contributed by atoms with Gasteiger partial charge < -0.3 is 4.84 Å². The summed E-state index contributed by atoms with van der Waals surface area (Å²) in [5.74, 6) is -1.56. The molecule has 0 radical (unpaired) electrons. The van der Waals surface area contributed by atoms with Gasteiger partial charge >= 0.3 is 0 Å². The van der Waals surface area contributed by atoms with Gasteiger partial charge in [0.15, 0.2) is 0 Å². The fraction of sp³-hybridized carbons (Fsp3) is 0.0400. The lowest BCUT2D eigenvalue weighted by Crippen LogP contribution is -2.20. The van der Waals surface area contributed by atoms with Crippen LogP contribution in [0.1, 0.15) is 16.7 Å². The summed E-state index contributed by atoms with van der Waals surface area (Å²) in [5.41, 5.74) is 1.13. The van der Waals surface area contributed by atoms with Gasteiger partial charge in [0.2, 0.25) is 0 Å². The lowest BCUT2D eigenvalue weighted by molar-refractivity contribution is 0.131. The van der Waals surface area contributed by atoms with Gasteiger partial charge in [0.25, 0.3) is 5.56 Å². The number of aromatic nitrogens is 1. The van der Waals surface area contributed by atoms with Crippen LogP contribution < -0.4 is 5.56 Å². The summed E-state index contributed by atoms with van der Waals surface area (Å²) in [4.78, 5) is 18.1. The minimum absolute atomic E-state index is 0.0000776. The molecule has 0 saturated carbocycles. The molecule has 3 aromatic carbocycles. The topological polar surface area (TPSA) is 43.6 Å². The molecule has 4 rings (SSSR count). The number of pyridine rings is 1. The van der Waals surface area contributed by atoms with Crippen molar-refractivity contribution in [3.05, 3.63) is 134 Å². The van der Waals surface area contributed by atoms with Crippen molar-refractivity contribution in [2.45, 2.75) is 6.61 Å². The van der Waals surface area contributed by atoms with Crippen molar-refractivity contribution in [2.24, 2.45) is 5.16 Å². The van der Waals surface area contributed by atoms with E-state index in [0.717, 1.165) is 17.7 Å². The van der Waals surface area contributed by atoms with Crippen LogP contribution in [0.3, 0.4) is 0 Å². The van der Waals surface area contributed by atoms with E-state index in [4.69, 9.17) is 28.0 Å². The van der Waals surface area contributed by atoms with Crippen LogP contribution in [0.2, 0.25) is 10.0 Å². The van der Waals surface area contributed by atoms with Crippen LogP contribution in [-0.2, 0) is 11.4 Å². The predicted molar refractivity (Wildman–Crippen MR) is 125 cm³/mol. The number of benzene rings is 3. The molecule has 0 N–H and O–H groups in total. The molecule has 0 atom stereocenters. The van der Waals surface area contributed by atoms with Crippen LogP contribution in [0.25, 0.3) is 5.69 Å². The maximum absolute atomic E-state index is 14.7. The Morgan fingerprint density at radius 2 is 1.64 bits per heavy atom. The summed E-state index contributed by atoms with van der Waals surface area (Å²) >= 11 is 12.6. The summed E-state index contributed by atoms with van der Waals surface area (Å²) in [6, 6.07) is 20.0. The van der Waals surface area contributed by atoms with Gasteiger partial charge in [-0.1, -0.05) is 64.8 Å². The molecule has 0 aliphatic heterocycles. The predicted octanol–water partition coefficient (Wildman–Crippen LogP) is 6.39. The Balaban J connectivity index is 1.82. The lowest BCUT2D eigenvalue weighted by Gasteiger charge is -2.13. The van der Waals surface area contributed by atoms with Gasteiger partial charge in [-0.3, -0.25) is 9.36 Å². The third-order valence-corrected chi connectivity index (χ3v) is 5.39. The van der Waals surface area contributed by atoms with Crippen LogP contribution in [-0.4, -0.2) is 10.3 Å². The first-order valence-corrected chi connectivity index (χ1v) is 10.6. The highest BCUT2D eigenvalue weighted by atomic mass is 35.5. The highest BCUT2D eigenvalue weighted by Crippen LogP contribution is 2.28. The molecule has 33 heavy (non-hydrogen) atoms. The molecule has 0 spiro atoms. The normalized spacial score (nSPS) is 11.5. The second-order valence-corrected chi connectivity index (χ2v) is 7.83. The number of hydrogen-bond donors (Lipinski definition) is 0. The first kappa shape index (κ1) is 22.7. The highest BCUT2D eigenvalue weighted by Gasteiger charge is 2.17. The number of halogens is 4. The van der Waals surface area contributed by atoms with Crippen molar-refractivity contribution in [3.63, 3.8) is 0 Å². The second-order valence-electron chi connectivity index (χ2n) is 7.02. The zero-order valence-electron chi connectivity index (χ0n) is 17.0. The zero-order valence-corrected chi connectivity index (χ0v) is 18.5. The summed E-state index contributed by atoms with van der Waals surface area (Å²) in [6.45, 7) is 0.128. The largest absolute Gasteiger partial charge is 0.390 e. The van der Waals surface area contributed by atoms with Crippen LogP contribution in [0, 0.1) is 11.6 Å². The van der Waals surface area contributed by atoms with Crippen molar-refractivity contribution in [2.75, 3.05) is 0 Å². The molecule has 0 bridgehead atoms. The quantitative estimate of drug-likeness (QED) is 0.235. The lowest BCUT2D eigenvalue weighted by atomic mass is 10.0. The fourth-order valence-corrected chi connectivity index (χ4v) is 3.79. The van der Waals surface area contributed by atoms with E-state index in [2.05, 4.69) is 5.16 Å². The smallest absolute Gasteiger partial charge is 0.255 e. The van der Waals surface area contributed by atoms with Gasteiger partial charge in [-0.05, 0) is 35.9 Å². The average Bonchev–Trinajstić information content (AvgIpc) is 2.79. The van der Waals surface area contributed by atoms with Crippen LogP contribution in [0.5, 0.6) is 0 Å². The Labute approximate surface area is 198 Å². The van der Waals surface area contributed by atoms with Crippen LogP contribution in [0.4, 0.5) is 8.78 Å². The minimum Gasteiger partial charge on any atom is -0.390 e. The standard InChI is InChI=1S/C25H16Cl2F2N2O2/c26-20-7-4-8-21(27)25(20)31-14-17(9-12-23(31)32)24(19-11-10-18(28)13-22(19)29)30-33-15-16-5-2-1-3-6-16/h1-14H,15H2. The molecule has 4 aromatic rings. The third kappa shape index (κ3) is 5.13. The Morgan fingerprint density at radius 3 is 2.33 bits per heavy atom. The molecule has 0 aliphatic carbocycles. The van der Waals surface area contributed by atoms with E-state index >= 15 is 0 Å². The first-order chi connectivity index (χ1) is 15.9. The maximum Gasteiger partial charge on any atom is 0.255 e. The summed E-state index contributed by atoms with van der Waals surface area (Å²) in [6.07, 6.45) is 1.43. The third-order valence-electron chi connectivity index (χ3n) is 4.78. The average molecular weight is 485 g/mol. The van der Waals surface area contributed by atoms with Gasteiger partial charge in [-0.15, -0.1) is 0 Å². The van der Waals surface area contributed by atoms with Gasteiger partial charge in [0.05, 0.1) is 15.7 Å². The summed E-state index contributed by atoms with van der Waals surface area (Å²) < 4.78 is 29.5. The van der Waals surface area contributed by atoms with Crippen LogP contribution in [0.15, 0.2) is 95.0 Å². The van der Waals surface area contributed by atoms with Crippen LogP contribution >= 0.6 is 23.2 Å². The van der Waals surface area contributed by atoms with Gasteiger partial charge in [0.1, 0.15) is 24.0 Å². The van der Waals surface area contributed by atoms with Crippen molar-refractivity contribution < 1.29 is 13.6 Å². The maximum atomic E-state index is 14.7. The molecule has 166 valence electrons. The number of para-hydroxylation sites is 1. The van der Waals surface area contributed by atoms with Gasteiger partial charge in [-0.2, -0.15) is 0 Å². The van der Waals surface area contributed by atoms with Gasteiger partial charge in [0, 0.05) is 29.5 Å². The number of rotatable bonds is 6. The molecule has 4 nitrogen and oxygen atoms in total. The second kappa shape index (κ2) is 9.98. The van der Waals surface area contributed by atoms with E-state index in [1.807, 2.05) is 30.3 Å². The molecule has 8 heteroatoms. The van der Waals surface area contributed by atoms with Crippen molar-refractivity contribution in [3.8, 4) is 5.69 Å². The first-order valence-electron chi connectivity index (χ1n) is 9.81. The summed E-state index contributed by atoms with van der Waals surface area (Å²) in [5, 5.41) is 4.65. The molecule has 1 heterocycles. The monoisotopic (exact) mass is 484 g/mol. The molecule has 0 fully saturated rings. The van der Waals surface area contributed by atoms with Gasteiger partial charge in [-0.25, -0.2) is 8.78 Å². The van der Waals surface area contributed by atoms with Crippen molar-refractivity contribution in [1.29, 1.82) is 0 Å². The van der Waals surface area contributed by atoms with E-state index < -0.39 is 17.2 Å². The molecular weight excluding hydrogens is 469 g/mol. The number of hydrogen-bond acceptors (Lipinski definition) is 3. The molecular formula is C25H16Cl2F2N2O2. The van der Waals surface area contributed by atoms with Crippen molar-refractivity contribution >= 4 is 28.9 Å². The molecule has 0 amide bonds. The molecule has 0 unspecified atom stereocenters. The Morgan fingerprint density at radius 1 is 0.909 bits per heavy atom. The minimum atomic E-state index is -0.828. The van der Waals surface area contributed by atoms with E-state index in [1.165, 1.54) is 29.0 Å². The fourth-order valence-electron chi connectivity index (χ4n) is 3.21. The Bertz CT molecular complexity index is 1370. The van der Waals surface area contributed by atoms with E-state index in [-0.39, 0.29) is 33.6 Å². The summed E-state index contributed by atoms with van der Waals surface area (Å²) in [7, 11) is 0. The van der Waals surface area contributed by atoms with Crippen molar-refractivity contribution in [1.82, 2.24) is 4.57 Å². The zero-order chi connectivity index (χ0) is 23.4. The van der Waals surface area contributed by atoms with E-state index in [0.29, 0.717) is 5.56 Å².